The summed E-state index contributed by atoms with van der Waals surface area (Å²) in [5.74, 6) is 1.17. The van der Waals surface area contributed by atoms with Crippen molar-refractivity contribution >= 4 is 29.0 Å². The first kappa shape index (κ1) is 16.7. The summed E-state index contributed by atoms with van der Waals surface area (Å²) in [6.45, 7) is 5.73. The number of amides is 1. The van der Waals surface area contributed by atoms with Gasteiger partial charge in [-0.1, -0.05) is 23.7 Å². The molecule has 24 heavy (non-hydrogen) atoms. The number of halogens is 1. The molecule has 0 aliphatic carbocycles. The number of aromatic nitrogens is 1. The second-order valence-corrected chi connectivity index (χ2v) is 6.55. The number of benzene rings is 1. The van der Waals surface area contributed by atoms with Crippen molar-refractivity contribution in [3.63, 3.8) is 0 Å². The average Bonchev–Trinajstić information content (AvgIpc) is 2.62. The zero-order valence-electron chi connectivity index (χ0n) is 13.8. The topological polar surface area (TPSA) is 50.9 Å². The number of nitrogens with zero attached hydrogens (tertiary/aromatic N) is 1. The number of anilines is 2. The Bertz CT molecular complexity index is 686. The molecule has 0 spiro atoms. The predicted octanol–water partition coefficient (Wildman–Crippen LogP) is 0.886. The zero-order chi connectivity index (χ0) is 16.9. The molecule has 1 atom stereocenters. The molecule has 0 saturated carbocycles. The van der Waals surface area contributed by atoms with Crippen molar-refractivity contribution in [2.75, 3.05) is 36.4 Å². The molecule has 0 bridgehead atoms. The van der Waals surface area contributed by atoms with E-state index >= 15 is 0 Å². The molecule has 1 aliphatic rings. The Hall–Kier alpha value is -2.11. The van der Waals surface area contributed by atoms with E-state index in [-0.39, 0.29) is 11.9 Å². The zero-order valence-corrected chi connectivity index (χ0v) is 14.5. The van der Waals surface area contributed by atoms with Crippen LogP contribution in [-0.2, 0) is 4.79 Å². The molecular formula is C18H23ClN4O+2. The molecule has 0 unspecified atom stereocenters. The Morgan fingerprint density at radius 2 is 2.04 bits per heavy atom. The SMILES string of the molecule is C[C@@H](C(=O)Nc1cccc(Cl)c1)[NH+]1CCN(c2cccc[nH+]2)CC1. The average molecular weight is 347 g/mol. The molecule has 1 saturated heterocycles. The number of piperazine rings is 1. The van der Waals surface area contributed by atoms with Crippen LogP contribution in [0.4, 0.5) is 11.5 Å². The maximum absolute atomic E-state index is 12.5. The van der Waals surface area contributed by atoms with Crippen LogP contribution in [0.3, 0.4) is 0 Å². The highest BCUT2D eigenvalue weighted by molar-refractivity contribution is 6.30. The highest BCUT2D eigenvalue weighted by atomic mass is 35.5. The Labute approximate surface area is 147 Å². The molecule has 6 heteroatoms. The molecule has 3 rings (SSSR count). The van der Waals surface area contributed by atoms with Crippen LogP contribution in [0.2, 0.25) is 5.02 Å². The molecule has 126 valence electrons. The number of H-pyrrole nitrogens is 1. The molecule has 2 aromatic rings. The molecule has 1 fully saturated rings. The van der Waals surface area contributed by atoms with Crippen molar-refractivity contribution in [1.29, 1.82) is 0 Å². The fourth-order valence-electron chi connectivity index (χ4n) is 3.05. The molecule has 1 amide bonds. The number of nitrogens with one attached hydrogen (secondary N) is 3. The monoisotopic (exact) mass is 346 g/mol. The number of pyridine rings is 1. The first-order chi connectivity index (χ1) is 11.6. The van der Waals surface area contributed by atoms with Crippen molar-refractivity contribution in [3.05, 3.63) is 53.7 Å². The van der Waals surface area contributed by atoms with Crippen LogP contribution >= 0.6 is 11.6 Å². The van der Waals surface area contributed by atoms with E-state index in [1.807, 2.05) is 37.4 Å². The molecule has 1 aromatic heterocycles. The molecule has 5 nitrogen and oxygen atoms in total. The standard InChI is InChI=1S/C18H21ClN4O/c1-14(18(24)21-16-6-4-5-15(19)13-16)22-9-11-23(12-10-22)17-7-2-3-8-20-17/h2-8,13-14H,9-12H2,1H3,(H,21,24)/p+2/t14-/m0/s1. The molecule has 1 aliphatic heterocycles. The number of hydrogen-bond donors (Lipinski definition) is 2. The van der Waals surface area contributed by atoms with Gasteiger partial charge in [0.05, 0.1) is 6.20 Å². The third-order valence-corrected chi connectivity index (χ3v) is 4.77. The van der Waals surface area contributed by atoms with E-state index in [0.29, 0.717) is 5.02 Å². The van der Waals surface area contributed by atoms with Crippen molar-refractivity contribution < 1.29 is 14.7 Å². The largest absolute Gasteiger partial charge is 0.321 e. The van der Waals surface area contributed by atoms with E-state index < -0.39 is 0 Å². The van der Waals surface area contributed by atoms with Crippen LogP contribution in [0.15, 0.2) is 48.7 Å². The van der Waals surface area contributed by atoms with Gasteiger partial charge in [0.15, 0.2) is 6.04 Å². The van der Waals surface area contributed by atoms with E-state index in [4.69, 9.17) is 11.6 Å². The number of hydrogen-bond acceptors (Lipinski definition) is 2. The Morgan fingerprint density at radius 3 is 2.71 bits per heavy atom. The molecule has 3 N–H and O–H groups in total. The van der Waals surface area contributed by atoms with Crippen LogP contribution in [0.1, 0.15) is 6.92 Å². The van der Waals surface area contributed by atoms with Gasteiger partial charge in [-0.2, -0.15) is 0 Å². The summed E-state index contributed by atoms with van der Waals surface area (Å²) in [6, 6.07) is 13.3. The second kappa shape index (κ2) is 7.64. The first-order valence-corrected chi connectivity index (χ1v) is 8.64. The van der Waals surface area contributed by atoms with E-state index in [1.54, 1.807) is 12.1 Å². The van der Waals surface area contributed by atoms with Gasteiger partial charge in [0, 0.05) is 16.8 Å². The summed E-state index contributed by atoms with van der Waals surface area (Å²) in [5.41, 5.74) is 0.747. The highest BCUT2D eigenvalue weighted by Gasteiger charge is 2.32. The summed E-state index contributed by atoms with van der Waals surface area (Å²) in [6.07, 6.45) is 1.94. The van der Waals surface area contributed by atoms with E-state index in [2.05, 4.69) is 21.3 Å². The molecule has 0 radical (unpaired) electrons. The van der Waals surface area contributed by atoms with Crippen LogP contribution in [0, 0.1) is 0 Å². The second-order valence-electron chi connectivity index (χ2n) is 6.11. The summed E-state index contributed by atoms with van der Waals surface area (Å²) in [5, 5.41) is 3.58. The minimum atomic E-state index is -0.0918. The van der Waals surface area contributed by atoms with E-state index in [1.165, 1.54) is 4.90 Å². The van der Waals surface area contributed by atoms with Crippen LogP contribution in [0.5, 0.6) is 0 Å². The van der Waals surface area contributed by atoms with Crippen molar-refractivity contribution in [2.24, 2.45) is 0 Å². The number of carbonyl (C=O) groups excluding carboxylic acids is 1. The van der Waals surface area contributed by atoms with Gasteiger partial charge in [0.25, 0.3) is 11.7 Å². The lowest BCUT2D eigenvalue weighted by Gasteiger charge is -2.31. The minimum absolute atomic E-state index is 0.0343. The minimum Gasteiger partial charge on any atom is -0.321 e. The van der Waals surface area contributed by atoms with E-state index in [0.717, 1.165) is 37.7 Å². The first-order valence-electron chi connectivity index (χ1n) is 8.26. The van der Waals surface area contributed by atoms with Gasteiger partial charge < -0.3 is 10.2 Å². The Kier molecular flexibility index (Phi) is 5.33. The maximum atomic E-state index is 12.5. The number of quaternary nitrogens is 1. The molecule has 2 heterocycles. The lowest BCUT2D eigenvalue weighted by Crippen LogP contribution is -3.19. The lowest BCUT2D eigenvalue weighted by molar-refractivity contribution is -0.914. The maximum Gasteiger partial charge on any atom is 0.282 e. The number of rotatable bonds is 4. The smallest absolute Gasteiger partial charge is 0.282 e. The van der Waals surface area contributed by atoms with Gasteiger partial charge in [0.2, 0.25) is 0 Å². The van der Waals surface area contributed by atoms with Crippen LogP contribution in [-0.4, -0.2) is 38.1 Å². The van der Waals surface area contributed by atoms with Crippen molar-refractivity contribution in [2.45, 2.75) is 13.0 Å². The fraction of sp³-hybridized carbons (Fsp3) is 0.333. The highest BCUT2D eigenvalue weighted by Crippen LogP contribution is 2.14. The van der Waals surface area contributed by atoms with Crippen molar-refractivity contribution in [3.8, 4) is 0 Å². The van der Waals surface area contributed by atoms with Gasteiger partial charge in [-0.05, 0) is 31.2 Å². The number of aromatic amines is 1. The van der Waals surface area contributed by atoms with Crippen LogP contribution in [0.25, 0.3) is 0 Å². The van der Waals surface area contributed by atoms with E-state index in [9.17, 15) is 4.79 Å². The quantitative estimate of drug-likeness (QED) is 0.863. The molecule has 1 aromatic carbocycles. The summed E-state index contributed by atoms with van der Waals surface area (Å²) >= 11 is 5.97. The fourth-order valence-corrected chi connectivity index (χ4v) is 3.24. The van der Waals surface area contributed by atoms with Crippen molar-refractivity contribution in [1.82, 2.24) is 0 Å². The number of carbonyl (C=O) groups is 1. The summed E-state index contributed by atoms with van der Waals surface area (Å²) in [4.78, 5) is 19.4. The van der Waals surface area contributed by atoms with Gasteiger partial charge in [0.1, 0.15) is 26.2 Å². The van der Waals surface area contributed by atoms with Crippen LogP contribution < -0.4 is 20.1 Å². The Morgan fingerprint density at radius 1 is 1.25 bits per heavy atom. The lowest BCUT2D eigenvalue weighted by atomic mass is 10.2. The third-order valence-electron chi connectivity index (χ3n) is 4.54. The Balaban J connectivity index is 1.55. The van der Waals surface area contributed by atoms with Gasteiger partial charge in [-0.25, -0.2) is 4.98 Å². The van der Waals surface area contributed by atoms with Gasteiger partial charge >= 0.3 is 0 Å². The predicted molar refractivity (Wildman–Crippen MR) is 95.5 cm³/mol. The van der Waals surface area contributed by atoms with Gasteiger partial charge in [-0.15, -0.1) is 0 Å². The summed E-state index contributed by atoms with van der Waals surface area (Å²) < 4.78 is 0. The normalized spacial score (nSPS) is 16.7. The third kappa shape index (κ3) is 4.04. The summed E-state index contributed by atoms with van der Waals surface area (Å²) in [7, 11) is 0. The molecular weight excluding hydrogens is 324 g/mol. The van der Waals surface area contributed by atoms with Gasteiger partial charge in [-0.3, -0.25) is 9.69 Å².